The molecule has 0 aliphatic heterocycles. The Morgan fingerprint density at radius 3 is 2.12 bits per heavy atom. The third kappa shape index (κ3) is 3.46. The number of nitrogens with two attached hydrogens (primary N) is 1. The lowest BCUT2D eigenvalue weighted by atomic mass is 9.84. The first-order valence-electron chi connectivity index (χ1n) is 7.20. The summed E-state index contributed by atoms with van der Waals surface area (Å²) in [6.45, 7) is 10.2. The zero-order chi connectivity index (χ0) is 12.0. The van der Waals surface area contributed by atoms with Gasteiger partial charge in [-0.25, -0.2) is 0 Å². The van der Waals surface area contributed by atoms with Crippen molar-refractivity contribution in [2.24, 2.45) is 17.6 Å². The molecule has 0 spiro atoms. The molecule has 2 N–H and O–H groups in total. The molecule has 96 valence electrons. The molecule has 16 heavy (non-hydrogen) atoms. The monoisotopic (exact) mass is 226 g/mol. The van der Waals surface area contributed by atoms with Crippen LogP contribution in [0.25, 0.3) is 0 Å². The van der Waals surface area contributed by atoms with Crippen LogP contribution in [0.5, 0.6) is 0 Å². The second-order valence-corrected chi connectivity index (χ2v) is 5.26. The van der Waals surface area contributed by atoms with Crippen molar-refractivity contribution in [2.75, 3.05) is 19.6 Å². The summed E-state index contributed by atoms with van der Waals surface area (Å²) in [5.74, 6) is 1.74. The minimum atomic E-state index is 0.612. The van der Waals surface area contributed by atoms with Gasteiger partial charge >= 0.3 is 0 Å². The molecule has 0 aromatic carbocycles. The molecule has 1 unspecified atom stereocenters. The van der Waals surface area contributed by atoms with Crippen LogP contribution in [-0.2, 0) is 0 Å². The molecule has 2 nitrogen and oxygen atoms in total. The summed E-state index contributed by atoms with van der Waals surface area (Å²) in [5.41, 5.74) is 5.99. The Morgan fingerprint density at radius 1 is 1.19 bits per heavy atom. The highest BCUT2D eigenvalue weighted by Crippen LogP contribution is 2.29. The first kappa shape index (κ1) is 14.0. The van der Waals surface area contributed by atoms with Gasteiger partial charge < -0.3 is 5.73 Å². The van der Waals surface area contributed by atoms with Gasteiger partial charge in [0.2, 0.25) is 0 Å². The van der Waals surface area contributed by atoms with Gasteiger partial charge in [-0.1, -0.05) is 40.0 Å². The van der Waals surface area contributed by atoms with Crippen molar-refractivity contribution in [3.63, 3.8) is 0 Å². The average molecular weight is 226 g/mol. The molecule has 0 radical (unpaired) electrons. The van der Waals surface area contributed by atoms with E-state index >= 15 is 0 Å². The van der Waals surface area contributed by atoms with Crippen LogP contribution in [-0.4, -0.2) is 30.6 Å². The zero-order valence-corrected chi connectivity index (χ0v) is 11.4. The van der Waals surface area contributed by atoms with Crippen LogP contribution in [0.3, 0.4) is 0 Å². The van der Waals surface area contributed by atoms with Gasteiger partial charge in [-0.3, -0.25) is 4.90 Å². The highest BCUT2D eigenvalue weighted by Gasteiger charge is 2.27. The zero-order valence-electron chi connectivity index (χ0n) is 11.4. The summed E-state index contributed by atoms with van der Waals surface area (Å²) in [5, 5.41) is 0. The van der Waals surface area contributed by atoms with E-state index in [1.807, 2.05) is 0 Å². The Morgan fingerprint density at radius 2 is 1.81 bits per heavy atom. The van der Waals surface area contributed by atoms with Crippen molar-refractivity contribution >= 4 is 0 Å². The van der Waals surface area contributed by atoms with Crippen LogP contribution in [0.1, 0.15) is 52.9 Å². The van der Waals surface area contributed by atoms with Crippen molar-refractivity contribution < 1.29 is 0 Å². The van der Waals surface area contributed by atoms with E-state index in [-0.39, 0.29) is 0 Å². The number of likely N-dealkylation sites (N-methyl/N-ethyl adjacent to an activating group) is 1. The van der Waals surface area contributed by atoms with Gasteiger partial charge in [0.1, 0.15) is 0 Å². The predicted octanol–water partition coefficient (Wildman–Crippen LogP) is 2.87. The maximum atomic E-state index is 5.99. The molecule has 1 rings (SSSR count). The lowest BCUT2D eigenvalue weighted by molar-refractivity contribution is 0.102. The van der Waals surface area contributed by atoms with Gasteiger partial charge in [-0.05, 0) is 31.2 Å². The quantitative estimate of drug-likeness (QED) is 0.689. The van der Waals surface area contributed by atoms with Crippen LogP contribution in [0.4, 0.5) is 0 Å². The lowest BCUT2D eigenvalue weighted by Crippen LogP contribution is -2.48. The summed E-state index contributed by atoms with van der Waals surface area (Å²) in [7, 11) is 0. The normalized spacial score (nSPS) is 19.1. The number of hydrogen-bond acceptors (Lipinski definition) is 2. The Bertz CT molecular complexity index is 174. The Labute approximate surface area is 102 Å². The van der Waals surface area contributed by atoms with Crippen molar-refractivity contribution in [3.8, 4) is 0 Å². The van der Waals surface area contributed by atoms with E-state index < -0.39 is 0 Å². The minimum absolute atomic E-state index is 0.612. The van der Waals surface area contributed by atoms with Crippen LogP contribution >= 0.6 is 0 Å². The van der Waals surface area contributed by atoms with E-state index in [9.17, 15) is 0 Å². The van der Waals surface area contributed by atoms with Crippen molar-refractivity contribution in [2.45, 2.75) is 58.9 Å². The molecular weight excluding hydrogens is 196 g/mol. The molecule has 1 atom stereocenters. The Kier molecular flexibility index (Phi) is 6.37. The van der Waals surface area contributed by atoms with Crippen LogP contribution in [0.2, 0.25) is 0 Å². The van der Waals surface area contributed by atoms with Gasteiger partial charge in [0.25, 0.3) is 0 Å². The molecule has 0 aromatic rings. The fraction of sp³-hybridized carbons (Fsp3) is 1.00. The number of nitrogens with zero attached hydrogens (tertiary/aromatic N) is 1. The Hall–Kier alpha value is -0.0800. The maximum absolute atomic E-state index is 5.99. The topological polar surface area (TPSA) is 29.3 Å². The van der Waals surface area contributed by atoms with Crippen LogP contribution < -0.4 is 5.73 Å². The molecule has 0 saturated heterocycles. The van der Waals surface area contributed by atoms with Crippen LogP contribution in [0, 0.1) is 11.8 Å². The highest BCUT2D eigenvalue weighted by molar-refractivity contribution is 4.82. The molecule has 0 heterocycles. The van der Waals surface area contributed by atoms with Gasteiger partial charge in [0.05, 0.1) is 0 Å². The lowest BCUT2D eigenvalue weighted by Gasteiger charge is -2.39. The average Bonchev–Trinajstić information content (AvgIpc) is 2.26. The highest BCUT2D eigenvalue weighted by atomic mass is 15.2. The second-order valence-electron chi connectivity index (χ2n) is 5.26. The molecular formula is C14H30N2. The molecule has 1 aliphatic carbocycles. The van der Waals surface area contributed by atoms with Crippen molar-refractivity contribution in [3.05, 3.63) is 0 Å². The van der Waals surface area contributed by atoms with E-state index in [0.29, 0.717) is 6.04 Å². The van der Waals surface area contributed by atoms with E-state index in [1.54, 1.807) is 0 Å². The molecule has 1 saturated carbocycles. The number of rotatable bonds is 8. The van der Waals surface area contributed by atoms with Gasteiger partial charge in [-0.15, -0.1) is 0 Å². The van der Waals surface area contributed by atoms with Gasteiger partial charge in [0, 0.05) is 19.1 Å². The number of hydrogen-bond donors (Lipinski definition) is 1. The van der Waals surface area contributed by atoms with Crippen LogP contribution in [0.15, 0.2) is 0 Å². The van der Waals surface area contributed by atoms with E-state index in [1.165, 1.54) is 38.6 Å². The predicted molar refractivity (Wildman–Crippen MR) is 71.5 cm³/mol. The summed E-state index contributed by atoms with van der Waals surface area (Å²) >= 11 is 0. The maximum Gasteiger partial charge on any atom is 0.0246 e. The summed E-state index contributed by atoms with van der Waals surface area (Å²) in [4.78, 5) is 2.64. The molecule has 1 fully saturated rings. The second kappa shape index (κ2) is 7.29. The first-order valence-corrected chi connectivity index (χ1v) is 7.20. The van der Waals surface area contributed by atoms with E-state index in [2.05, 4.69) is 25.7 Å². The summed E-state index contributed by atoms with van der Waals surface area (Å²) in [6, 6.07) is 0.612. The van der Waals surface area contributed by atoms with E-state index in [4.69, 9.17) is 5.73 Å². The molecule has 1 aliphatic rings. The minimum Gasteiger partial charge on any atom is -0.329 e. The SMILES string of the molecule is CCC(CC)C(CN)N(CC)CC1CCC1. The fourth-order valence-corrected chi connectivity index (χ4v) is 2.98. The van der Waals surface area contributed by atoms with Crippen molar-refractivity contribution in [1.82, 2.24) is 4.90 Å². The summed E-state index contributed by atoms with van der Waals surface area (Å²) < 4.78 is 0. The fourth-order valence-electron chi connectivity index (χ4n) is 2.98. The Balaban J connectivity index is 2.50. The first-order chi connectivity index (χ1) is 7.76. The van der Waals surface area contributed by atoms with Gasteiger partial charge in [-0.2, -0.15) is 0 Å². The molecule has 0 bridgehead atoms. The molecule has 2 heteroatoms. The molecule has 0 aromatic heterocycles. The molecule has 0 amide bonds. The largest absolute Gasteiger partial charge is 0.329 e. The summed E-state index contributed by atoms with van der Waals surface area (Å²) in [6.07, 6.45) is 6.85. The van der Waals surface area contributed by atoms with Crippen molar-refractivity contribution in [1.29, 1.82) is 0 Å². The smallest absolute Gasteiger partial charge is 0.0246 e. The van der Waals surface area contributed by atoms with E-state index in [0.717, 1.165) is 24.9 Å². The third-order valence-corrected chi connectivity index (χ3v) is 4.43. The standard InChI is InChI=1S/C14H30N2/c1-4-13(5-2)14(10-15)16(6-3)11-12-8-7-9-12/h12-14H,4-11,15H2,1-3H3. The third-order valence-electron chi connectivity index (χ3n) is 4.43. The van der Waals surface area contributed by atoms with Gasteiger partial charge in [0.15, 0.2) is 0 Å².